The van der Waals surface area contributed by atoms with Gasteiger partial charge in [0.05, 0.1) is 19.1 Å². The van der Waals surface area contributed by atoms with Crippen LogP contribution < -0.4 is 16.0 Å². The predicted molar refractivity (Wildman–Crippen MR) is 99.1 cm³/mol. The summed E-state index contributed by atoms with van der Waals surface area (Å²) in [5, 5.41) is 7.69. The average molecular weight is 371 g/mol. The molecular weight excluding hydrogens is 349 g/mol. The number of carbonyl (C=O) groups excluding carboxylic acids is 3. The second-order valence-electron chi connectivity index (χ2n) is 6.05. The van der Waals surface area contributed by atoms with Crippen LogP contribution in [0.3, 0.4) is 0 Å². The molecule has 0 bridgehead atoms. The van der Waals surface area contributed by atoms with Crippen LogP contribution in [0.2, 0.25) is 0 Å². The summed E-state index contributed by atoms with van der Waals surface area (Å²) in [7, 11) is 0. The van der Waals surface area contributed by atoms with Gasteiger partial charge in [0.1, 0.15) is 5.82 Å². The van der Waals surface area contributed by atoms with Gasteiger partial charge in [-0.25, -0.2) is 4.39 Å². The minimum absolute atomic E-state index is 0.180. The molecule has 0 saturated heterocycles. The number of hydrogen-bond donors (Lipinski definition) is 3. The van der Waals surface area contributed by atoms with Crippen LogP contribution in [-0.2, 0) is 20.8 Å². The molecule has 0 fully saturated rings. The first-order valence-electron chi connectivity index (χ1n) is 8.54. The molecule has 27 heavy (non-hydrogen) atoms. The molecule has 6 nitrogen and oxygen atoms in total. The van der Waals surface area contributed by atoms with E-state index < -0.39 is 5.91 Å². The van der Waals surface area contributed by atoms with Crippen molar-refractivity contribution in [1.82, 2.24) is 16.0 Å². The van der Waals surface area contributed by atoms with Gasteiger partial charge in [0.2, 0.25) is 17.7 Å². The van der Waals surface area contributed by atoms with E-state index in [9.17, 15) is 18.8 Å². The first kappa shape index (κ1) is 20.1. The number of amides is 3. The monoisotopic (exact) mass is 371 g/mol. The molecule has 0 saturated carbocycles. The summed E-state index contributed by atoms with van der Waals surface area (Å²) < 4.78 is 13.1. The van der Waals surface area contributed by atoms with Crippen LogP contribution >= 0.6 is 0 Å². The van der Waals surface area contributed by atoms with Gasteiger partial charge >= 0.3 is 0 Å². The summed E-state index contributed by atoms with van der Waals surface area (Å²) in [5.41, 5.74) is 1.78. The zero-order valence-corrected chi connectivity index (χ0v) is 15.0. The normalized spacial score (nSPS) is 11.3. The molecule has 0 aliphatic carbocycles. The quantitative estimate of drug-likeness (QED) is 0.657. The number of nitrogens with one attached hydrogen (secondary N) is 3. The summed E-state index contributed by atoms with van der Waals surface area (Å²) in [4.78, 5) is 34.6. The standard InChI is InChI=1S/C20H22FN3O3/c1-14(25)22-12-19(26)23-13-20(27)24-18(16-5-3-2-4-6-16)11-15-7-9-17(21)10-8-15/h2-10,18H,11-13H2,1H3,(H,22,25)(H,23,26)(H,24,27). The van der Waals surface area contributed by atoms with Crippen molar-refractivity contribution in [3.05, 3.63) is 71.5 Å². The van der Waals surface area contributed by atoms with Crippen molar-refractivity contribution in [3.8, 4) is 0 Å². The molecule has 0 radical (unpaired) electrons. The molecule has 0 aliphatic rings. The van der Waals surface area contributed by atoms with Crippen molar-refractivity contribution in [2.24, 2.45) is 0 Å². The highest BCUT2D eigenvalue weighted by Crippen LogP contribution is 2.18. The molecule has 2 aromatic rings. The molecule has 0 aromatic heterocycles. The summed E-state index contributed by atoms with van der Waals surface area (Å²) in [5.74, 6) is -1.45. The molecule has 3 N–H and O–H groups in total. The minimum Gasteiger partial charge on any atom is -0.347 e. The maximum absolute atomic E-state index is 13.1. The van der Waals surface area contributed by atoms with Gasteiger partial charge in [-0.15, -0.1) is 0 Å². The van der Waals surface area contributed by atoms with Crippen molar-refractivity contribution < 1.29 is 18.8 Å². The molecular formula is C20H22FN3O3. The predicted octanol–water partition coefficient (Wildman–Crippen LogP) is 1.48. The smallest absolute Gasteiger partial charge is 0.239 e. The molecule has 0 aliphatic heterocycles. The van der Waals surface area contributed by atoms with E-state index in [1.807, 2.05) is 30.3 Å². The van der Waals surface area contributed by atoms with Gasteiger partial charge in [-0.1, -0.05) is 42.5 Å². The average Bonchev–Trinajstić information content (AvgIpc) is 2.66. The van der Waals surface area contributed by atoms with Crippen molar-refractivity contribution >= 4 is 17.7 Å². The fourth-order valence-corrected chi connectivity index (χ4v) is 2.49. The van der Waals surface area contributed by atoms with Crippen LogP contribution in [0.15, 0.2) is 54.6 Å². The molecule has 3 amide bonds. The Morgan fingerprint density at radius 1 is 0.889 bits per heavy atom. The Bertz CT molecular complexity index is 779. The fourth-order valence-electron chi connectivity index (χ4n) is 2.49. The van der Waals surface area contributed by atoms with Gasteiger partial charge in [0, 0.05) is 6.92 Å². The first-order valence-corrected chi connectivity index (χ1v) is 8.54. The molecule has 2 rings (SSSR count). The molecule has 0 spiro atoms. The lowest BCUT2D eigenvalue weighted by Gasteiger charge is -2.20. The summed E-state index contributed by atoms with van der Waals surface area (Å²) >= 11 is 0. The van der Waals surface area contributed by atoms with Crippen molar-refractivity contribution in [2.75, 3.05) is 13.1 Å². The summed E-state index contributed by atoms with van der Waals surface area (Å²) in [6.45, 7) is 0.922. The highest BCUT2D eigenvalue weighted by molar-refractivity contribution is 5.87. The van der Waals surface area contributed by atoms with Crippen LogP contribution in [0.1, 0.15) is 24.1 Å². The topological polar surface area (TPSA) is 87.3 Å². The number of carbonyl (C=O) groups is 3. The van der Waals surface area contributed by atoms with E-state index in [-0.39, 0.29) is 36.8 Å². The number of rotatable bonds is 8. The molecule has 7 heteroatoms. The van der Waals surface area contributed by atoms with E-state index in [1.54, 1.807) is 12.1 Å². The lowest BCUT2D eigenvalue weighted by atomic mass is 9.99. The van der Waals surface area contributed by atoms with Crippen LogP contribution in [0.4, 0.5) is 4.39 Å². The van der Waals surface area contributed by atoms with Crippen LogP contribution in [0.5, 0.6) is 0 Å². The molecule has 1 unspecified atom stereocenters. The summed E-state index contributed by atoms with van der Waals surface area (Å²) in [6, 6.07) is 15.2. The van der Waals surface area contributed by atoms with Gasteiger partial charge in [0.25, 0.3) is 0 Å². The van der Waals surface area contributed by atoms with Crippen molar-refractivity contribution in [3.63, 3.8) is 0 Å². The molecule has 142 valence electrons. The fraction of sp³-hybridized carbons (Fsp3) is 0.250. The molecule has 0 heterocycles. The number of benzene rings is 2. The van der Waals surface area contributed by atoms with Crippen LogP contribution in [0, 0.1) is 5.82 Å². The minimum atomic E-state index is -0.449. The SMILES string of the molecule is CC(=O)NCC(=O)NCC(=O)NC(Cc1ccc(F)cc1)c1ccccc1. The zero-order chi connectivity index (χ0) is 19.6. The Labute approximate surface area is 157 Å². The highest BCUT2D eigenvalue weighted by Gasteiger charge is 2.16. The van der Waals surface area contributed by atoms with Crippen molar-refractivity contribution in [1.29, 1.82) is 0 Å². The Hall–Kier alpha value is -3.22. The third-order valence-electron chi connectivity index (χ3n) is 3.83. The van der Waals surface area contributed by atoms with Gasteiger partial charge in [-0.05, 0) is 29.7 Å². The third kappa shape index (κ3) is 7.27. The Kier molecular flexibility index (Phi) is 7.49. The Balaban J connectivity index is 1.97. The third-order valence-corrected chi connectivity index (χ3v) is 3.83. The first-order chi connectivity index (χ1) is 12.9. The maximum atomic E-state index is 13.1. The van der Waals surface area contributed by atoms with Gasteiger partial charge in [-0.2, -0.15) is 0 Å². The Morgan fingerprint density at radius 2 is 1.52 bits per heavy atom. The lowest BCUT2D eigenvalue weighted by molar-refractivity contribution is -0.127. The largest absolute Gasteiger partial charge is 0.347 e. The van der Waals surface area contributed by atoms with Gasteiger partial charge in [-0.3, -0.25) is 14.4 Å². The summed E-state index contributed by atoms with van der Waals surface area (Å²) in [6.07, 6.45) is 0.482. The van der Waals surface area contributed by atoms with Crippen LogP contribution in [-0.4, -0.2) is 30.8 Å². The zero-order valence-electron chi connectivity index (χ0n) is 15.0. The van der Waals surface area contributed by atoms with E-state index in [1.165, 1.54) is 19.1 Å². The number of halogens is 1. The van der Waals surface area contributed by atoms with Gasteiger partial charge < -0.3 is 16.0 Å². The highest BCUT2D eigenvalue weighted by atomic mass is 19.1. The van der Waals surface area contributed by atoms with Crippen LogP contribution in [0.25, 0.3) is 0 Å². The van der Waals surface area contributed by atoms with E-state index in [0.717, 1.165) is 11.1 Å². The van der Waals surface area contributed by atoms with E-state index in [4.69, 9.17) is 0 Å². The molecule has 2 aromatic carbocycles. The van der Waals surface area contributed by atoms with E-state index in [2.05, 4.69) is 16.0 Å². The second kappa shape index (κ2) is 10.1. The van der Waals surface area contributed by atoms with Gasteiger partial charge in [0.15, 0.2) is 0 Å². The van der Waals surface area contributed by atoms with Crippen molar-refractivity contribution in [2.45, 2.75) is 19.4 Å². The van der Waals surface area contributed by atoms with E-state index >= 15 is 0 Å². The molecule has 1 atom stereocenters. The maximum Gasteiger partial charge on any atom is 0.239 e. The lowest BCUT2D eigenvalue weighted by Crippen LogP contribution is -2.42. The number of hydrogen-bond acceptors (Lipinski definition) is 3. The second-order valence-corrected chi connectivity index (χ2v) is 6.05. The Morgan fingerprint density at radius 3 is 2.15 bits per heavy atom. The van der Waals surface area contributed by atoms with E-state index in [0.29, 0.717) is 6.42 Å².